The van der Waals surface area contributed by atoms with Gasteiger partial charge in [-0.3, -0.25) is 14.8 Å². The Labute approximate surface area is 133 Å². The quantitative estimate of drug-likeness (QED) is 0.865. The summed E-state index contributed by atoms with van der Waals surface area (Å²) in [5.41, 5.74) is 3.92. The van der Waals surface area contributed by atoms with Crippen LogP contribution in [0.3, 0.4) is 0 Å². The Bertz CT molecular complexity index is 650. The van der Waals surface area contributed by atoms with Gasteiger partial charge in [-0.2, -0.15) is 0 Å². The summed E-state index contributed by atoms with van der Waals surface area (Å²) in [6.45, 7) is 13.7. The second kappa shape index (κ2) is 6.35. The van der Waals surface area contributed by atoms with Gasteiger partial charge in [0.05, 0.1) is 5.52 Å². The first-order chi connectivity index (χ1) is 10.6. The maximum atomic E-state index is 4.50. The minimum atomic E-state index is 0.627. The van der Waals surface area contributed by atoms with Gasteiger partial charge >= 0.3 is 0 Å². The molecule has 0 N–H and O–H groups in total. The number of piperazine rings is 1. The zero-order chi connectivity index (χ0) is 15.7. The molecule has 1 fully saturated rings. The van der Waals surface area contributed by atoms with Crippen LogP contribution in [0.4, 0.5) is 0 Å². The third kappa shape index (κ3) is 3.01. The van der Waals surface area contributed by atoms with Gasteiger partial charge in [0, 0.05) is 49.8 Å². The van der Waals surface area contributed by atoms with E-state index in [1.165, 1.54) is 23.1 Å². The van der Waals surface area contributed by atoms with E-state index < -0.39 is 0 Å². The molecule has 1 aliphatic heterocycles. The zero-order valence-corrected chi connectivity index (χ0v) is 14.2. The van der Waals surface area contributed by atoms with Crippen LogP contribution >= 0.6 is 0 Å². The average molecular weight is 297 g/mol. The van der Waals surface area contributed by atoms with Gasteiger partial charge in [-0.1, -0.05) is 12.1 Å². The fourth-order valence-electron chi connectivity index (χ4n) is 3.71. The molecule has 1 atom stereocenters. The van der Waals surface area contributed by atoms with Crippen LogP contribution in [-0.4, -0.2) is 46.5 Å². The average Bonchev–Trinajstić information content (AvgIpc) is 2.50. The molecule has 3 nitrogen and oxygen atoms in total. The summed E-state index contributed by atoms with van der Waals surface area (Å²) >= 11 is 0. The molecule has 3 rings (SSSR count). The van der Waals surface area contributed by atoms with E-state index in [9.17, 15) is 0 Å². The molecule has 0 unspecified atom stereocenters. The molecule has 2 aromatic rings. The molecule has 0 saturated carbocycles. The minimum absolute atomic E-state index is 0.627. The maximum absolute atomic E-state index is 4.50. The third-order valence-corrected chi connectivity index (χ3v) is 4.94. The van der Waals surface area contributed by atoms with E-state index in [2.05, 4.69) is 60.7 Å². The van der Waals surface area contributed by atoms with E-state index in [0.29, 0.717) is 12.1 Å². The van der Waals surface area contributed by atoms with Crippen molar-refractivity contribution in [2.24, 2.45) is 0 Å². The molecule has 1 aliphatic rings. The first-order valence-corrected chi connectivity index (χ1v) is 8.37. The van der Waals surface area contributed by atoms with E-state index >= 15 is 0 Å². The van der Waals surface area contributed by atoms with Crippen LogP contribution in [0.15, 0.2) is 30.5 Å². The molecule has 1 aromatic carbocycles. The topological polar surface area (TPSA) is 19.4 Å². The molecule has 1 aromatic heterocycles. The zero-order valence-electron chi connectivity index (χ0n) is 14.2. The van der Waals surface area contributed by atoms with Crippen molar-refractivity contribution >= 4 is 10.9 Å². The first kappa shape index (κ1) is 15.4. The smallest absolute Gasteiger partial charge is 0.0705 e. The third-order valence-electron chi connectivity index (χ3n) is 4.94. The van der Waals surface area contributed by atoms with Crippen molar-refractivity contribution in [3.05, 3.63) is 41.6 Å². The fraction of sp³-hybridized carbons (Fsp3) is 0.526. The lowest BCUT2D eigenvalue weighted by atomic mass is 10.0. The summed E-state index contributed by atoms with van der Waals surface area (Å²) in [7, 11) is 0. The van der Waals surface area contributed by atoms with Crippen molar-refractivity contribution in [3.8, 4) is 0 Å². The molecule has 0 spiro atoms. The van der Waals surface area contributed by atoms with Crippen LogP contribution in [0.2, 0.25) is 0 Å². The van der Waals surface area contributed by atoms with Crippen molar-refractivity contribution in [1.82, 2.24) is 14.8 Å². The Morgan fingerprint density at radius 3 is 2.77 bits per heavy atom. The first-order valence-electron chi connectivity index (χ1n) is 8.37. The molecular formula is C19H27N3. The maximum Gasteiger partial charge on any atom is 0.0705 e. The van der Waals surface area contributed by atoms with Gasteiger partial charge in [0.1, 0.15) is 0 Å². The van der Waals surface area contributed by atoms with Crippen LogP contribution in [0, 0.1) is 6.92 Å². The highest BCUT2D eigenvalue weighted by Crippen LogP contribution is 2.23. The van der Waals surface area contributed by atoms with Crippen molar-refractivity contribution in [2.45, 2.75) is 46.3 Å². The van der Waals surface area contributed by atoms with Crippen molar-refractivity contribution in [2.75, 3.05) is 19.6 Å². The van der Waals surface area contributed by atoms with Crippen LogP contribution in [0.5, 0.6) is 0 Å². The van der Waals surface area contributed by atoms with Crippen molar-refractivity contribution < 1.29 is 0 Å². The number of aromatic nitrogens is 1. The summed E-state index contributed by atoms with van der Waals surface area (Å²) in [6.07, 6.45) is 1.88. The van der Waals surface area contributed by atoms with E-state index in [0.717, 1.165) is 25.2 Å². The summed E-state index contributed by atoms with van der Waals surface area (Å²) in [5, 5.41) is 1.31. The number of pyridine rings is 1. The van der Waals surface area contributed by atoms with Crippen molar-refractivity contribution in [3.63, 3.8) is 0 Å². The number of hydrogen-bond acceptors (Lipinski definition) is 3. The van der Waals surface area contributed by atoms with Gasteiger partial charge in [0.15, 0.2) is 0 Å². The lowest BCUT2D eigenvalue weighted by molar-refractivity contribution is 0.0565. The Hall–Kier alpha value is -1.45. The predicted octanol–water partition coefficient (Wildman–Crippen LogP) is 3.46. The normalized spacial score (nSPS) is 20.9. The Balaban J connectivity index is 1.81. The monoisotopic (exact) mass is 297 g/mol. The van der Waals surface area contributed by atoms with Crippen LogP contribution in [-0.2, 0) is 6.54 Å². The molecule has 118 valence electrons. The largest absolute Gasteiger partial charge is 0.296 e. The van der Waals surface area contributed by atoms with Gasteiger partial charge < -0.3 is 0 Å². The molecule has 2 heterocycles. The Kier molecular flexibility index (Phi) is 4.46. The van der Waals surface area contributed by atoms with E-state index in [4.69, 9.17) is 0 Å². The summed E-state index contributed by atoms with van der Waals surface area (Å²) < 4.78 is 0. The van der Waals surface area contributed by atoms with Gasteiger partial charge in [0.25, 0.3) is 0 Å². The number of aryl methyl sites for hydroxylation is 1. The van der Waals surface area contributed by atoms with Gasteiger partial charge in [0.2, 0.25) is 0 Å². The number of hydrogen-bond donors (Lipinski definition) is 0. The molecule has 3 heteroatoms. The number of nitrogens with zero attached hydrogens (tertiary/aromatic N) is 3. The minimum Gasteiger partial charge on any atom is -0.296 e. The molecule has 22 heavy (non-hydrogen) atoms. The lowest BCUT2D eigenvalue weighted by Gasteiger charge is -2.42. The predicted molar refractivity (Wildman–Crippen MR) is 93.1 cm³/mol. The van der Waals surface area contributed by atoms with Crippen LogP contribution in [0.25, 0.3) is 10.9 Å². The summed E-state index contributed by atoms with van der Waals surface area (Å²) in [5.74, 6) is 0. The number of rotatable bonds is 3. The highest BCUT2D eigenvalue weighted by atomic mass is 15.3. The van der Waals surface area contributed by atoms with Gasteiger partial charge in [-0.05, 0) is 51.0 Å². The molecular weight excluding hydrogens is 270 g/mol. The van der Waals surface area contributed by atoms with Crippen LogP contribution in [0.1, 0.15) is 31.9 Å². The molecule has 0 amide bonds. The molecule has 0 bridgehead atoms. The lowest BCUT2D eigenvalue weighted by Crippen LogP contribution is -2.53. The Morgan fingerprint density at radius 2 is 2.05 bits per heavy atom. The fourth-order valence-corrected chi connectivity index (χ4v) is 3.71. The van der Waals surface area contributed by atoms with E-state index in [1.807, 2.05) is 12.3 Å². The molecule has 0 radical (unpaired) electrons. The summed E-state index contributed by atoms with van der Waals surface area (Å²) in [4.78, 5) is 9.70. The van der Waals surface area contributed by atoms with Gasteiger partial charge in [-0.25, -0.2) is 0 Å². The van der Waals surface area contributed by atoms with Crippen molar-refractivity contribution in [1.29, 1.82) is 0 Å². The molecule has 0 aliphatic carbocycles. The Morgan fingerprint density at radius 1 is 1.23 bits per heavy atom. The van der Waals surface area contributed by atoms with E-state index in [-0.39, 0.29) is 0 Å². The standard InChI is InChI=1S/C19H27N3/c1-14(2)22-11-10-21(12-16(22)4)13-18-15(3)7-8-19-17(18)6-5-9-20-19/h5-9,14,16H,10-13H2,1-4H3/t16-/m0/s1. The van der Waals surface area contributed by atoms with Crippen LogP contribution < -0.4 is 0 Å². The second-order valence-electron chi connectivity index (χ2n) is 6.85. The van der Waals surface area contributed by atoms with E-state index in [1.54, 1.807) is 0 Å². The number of fused-ring (bicyclic) bond motifs is 1. The SMILES string of the molecule is Cc1ccc2ncccc2c1CN1CCN(C(C)C)[C@@H](C)C1. The molecule has 1 saturated heterocycles. The van der Waals surface area contributed by atoms with Gasteiger partial charge in [-0.15, -0.1) is 0 Å². The second-order valence-corrected chi connectivity index (χ2v) is 6.85. The number of benzene rings is 1. The highest BCUT2D eigenvalue weighted by Gasteiger charge is 2.25. The highest BCUT2D eigenvalue weighted by molar-refractivity contribution is 5.83. The summed E-state index contributed by atoms with van der Waals surface area (Å²) in [6, 6.07) is 9.86.